The van der Waals surface area contributed by atoms with Crippen molar-refractivity contribution in [3.05, 3.63) is 23.7 Å². The standard InChI is InChI=1S/C10H13NO5S/c1-17-5-6-2-3-8(16-6)9(13)11-7(4-12)10(14)15/h2-3,7,12H,4-5H2,1H3,(H,11,13)(H,14,15). The van der Waals surface area contributed by atoms with Crippen molar-refractivity contribution in [2.75, 3.05) is 12.9 Å². The molecule has 0 aromatic carbocycles. The van der Waals surface area contributed by atoms with Gasteiger partial charge in [0.05, 0.1) is 12.4 Å². The average Bonchev–Trinajstić information content (AvgIpc) is 2.74. The highest BCUT2D eigenvalue weighted by atomic mass is 32.2. The lowest BCUT2D eigenvalue weighted by molar-refractivity contribution is -0.140. The Hall–Kier alpha value is -1.47. The van der Waals surface area contributed by atoms with Crippen LogP contribution >= 0.6 is 11.8 Å². The number of aliphatic carboxylic acids is 1. The predicted octanol–water partition coefficient (Wildman–Crippen LogP) is 0.318. The zero-order valence-electron chi connectivity index (χ0n) is 9.17. The second-order valence-corrected chi connectivity index (χ2v) is 4.11. The first kappa shape index (κ1) is 13.6. The predicted molar refractivity (Wildman–Crippen MR) is 61.9 cm³/mol. The topological polar surface area (TPSA) is 99.8 Å². The third-order valence-corrected chi connectivity index (χ3v) is 2.53. The first-order valence-corrected chi connectivity index (χ1v) is 6.20. The van der Waals surface area contributed by atoms with Gasteiger partial charge in [-0.05, 0) is 18.4 Å². The van der Waals surface area contributed by atoms with Crippen LogP contribution in [0.5, 0.6) is 0 Å². The van der Waals surface area contributed by atoms with E-state index in [1.54, 1.807) is 17.8 Å². The second kappa shape index (κ2) is 6.31. The minimum Gasteiger partial charge on any atom is -0.480 e. The van der Waals surface area contributed by atoms with Crippen molar-refractivity contribution in [1.82, 2.24) is 5.32 Å². The molecule has 1 aromatic rings. The number of carboxylic acid groups (broad SMARTS) is 1. The number of aliphatic hydroxyl groups is 1. The van der Waals surface area contributed by atoms with Crippen molar-refractivity contribution >= 4 is 23.6 Å². The summed E-state index contributed by atoms with van der Waals surface area (Å²) >= 11 is 1.54. The number of aliphatic hydroxyl groups excluding tert-OH is 1. The van der Waals surface area contributed by atoms with Gasteiger partial charge in [-0.3, -0.25) is 4.79 Å². The Balaban J connectivity index is 2.65. The summed E-state index contributed by atoms with van der Waals surface area (Å²) in [6.45, 7) is -0.667. The van der Waals surface area contributed by atoms with E-state index in [2.05, 4.69) is 5.32 Å². The molecule has 0 aliphatic heterocycles. The fraction of sp³-hybridized carbons (Fsp3) is 0.400. The summed E-state index contributed by atoms with van der Waals surface area (Å²) in [4.78, 5) is 22.1. The number of rotatable bonds is 6. The Morgan fingerprint density at radius 1 is 1.53 bits per heavy atom. The van der Waals surface area contributed by atoms with Gasteiger partial charge in [0, 0.05) is 0 Å². The minimum absolute atomic E-state index is 0.0359. The molecule has 1 atom stereocenters. The molecular formula is C10H13NO5S. The van der Waals surface area contributed by atoms with E-state index < -0.39 is 24.5 Å². The molecule has 1 rings (SSSR count). The molecular weight excluding hydrogens is 246 g/mol. The van der Waals surface area contributed by atoms with Gasteiger partial charge in [-0.1, -0.05) is 0 Å². The van der Waals surface area contributed by atoms with Gasteiger partial charge in [-0.25, -0.2) is 4.79 Å². The summed E-state index contributed by atoms with van der Waals surface area (Å²) in [5.41, 5.74) is 0. The summed E-state index contributed by atoms with van der Waals surface area (Å²) in [5, 5.41) is 19.6. The smallest absolute Gasteiger partial charge is 0.328 e. The maximum atomic E-state index is 11.5. The van der Waals surface area contributed by atoms with E-state index in [9.17, 15) is 9.59 Å². The van der Waals surface area contributed by atoms with Crippen molar-refractivity contribution < 1.29 is 24.2 Å². The summed E-state index contributed by atoms with van der Waals surface area (Å²) in [5.74, 6) is -0.641. The number of carbonyl (C=O) groups excluding carboxylic acids is 1. The molecule has 94 valence electrons. The maximum absolute atomic E-state index is 11.5. The third kappa shape index (κ3) is 3.79. The molecule has 3 N–H and O–H groups in total. The fourth-order valence-electron chi connectivity index (χ4n) is 1.13. The van der Waals surface area contributed by atoms with Crippen molar-refractivity contribution in [3.8, 4) is 0 Å². The van der Waals surface area contributed by atoms with E-state index >= 15 is 0 Å². The van der Waals surface area contributed by atoms with E-state index in [-0.39, 0.29) is 5.76 Å². The fourth-order valence-corrected chi connectivity index (χ4v) is 1.57. The highest BCUT2D eigenvalue weighted by Gasteiger charge is 2.21. The lowest BCUT2D eigenvalue weighted by atomic mass is 10.3. The van der Waals surface area contributed by atoms with Crippen LogP contribution in [0.15, 0.2) is 16.5 Å². The summed E-state index contributed by atoms with van der Waals surface area (Å²) in [6.07, 6.45) is 1.90. The van der Waals surface area contributed by atoms with Gasteiger partial charge >= 0.3 is 5.97 Å². The number of hydrogen-bond acceptors (Lipinski definition) is 5. The molecule has 0 aliphatic rings. The van der Waals surface area contributed by atoms with Crippen LogP contribution in [-0.4, -0.2) is 41.0 Å². The number of amides is 1. The molecule has 1 aromatic heterocycles. The van der Waals surface area contributed by atoms with Gasteiger partial charge in [-0.2, -0.15) is 11.8 Å². The molecule has 0 radical (unpaired) electrons. The van der Waals surface area contributed by atoms with Crippen molar-refractivity contribution in [3.63, 3.8) is 0 Å². The third-order valence-electron chi connectivity index (χ3n) is 1.96. The molecule has 7 heteroatoms. The molecule has 0 spiro atoms. The van der Waals surface area contributed by atoms with Crippen LogP contribution < -0.4 is 5.32 Å². The van der Waals surface area contributed by atoms with Crippen LogP contribution in [-0.2, 0) is 10.5 Å². The van der Waals surface area contributed by atoms with Crippen LogP contribution in [0.3, 0.4) is 0 Å². The van der Waals surface area contributed by atoms with Crippen molar-refractivity contribution in [2.45, 2.75) is 11.8 Å². The minimum atomic E-state index is -1.32. The van der Waals surface area contributed by atoms with Crippen LogP contribution in [0.4, 0.5) is 0 Å². The number of carboxylic acids is 1. The largest absolute Gasteiger partial charge is 0.480 e. The van der Waals surface area contributed by atoms with E-state index in [1.165, 1.54) is 6.07 Å². The van der Waals surface area contributed by atoms with E-state index in [1.807, 2.05) is 6.26 Å². The lowest BCUT2D eigenvalue weighted by Crippen LogP contribution is -2.43. The molecule has 0 fully saturated rings. The SMILES string of the molecule is CSCc1ccc(C(=O)NC(CO)C(=O)O)o1. The van der Waals surface area contributed by atoms with E-state index in [0.29, 0.717) is 11.5 Å². The Morgan fingerprint density at radius 3 is 2.76 bits per heavy atom. The first-order chi connectivity index (χ1) is 8.08. The molecule has 0 aliphatic carbocycles. The van der Waals surface area contributed by atoms with Gasteiger partial charge in [-0.15, -0.1) is 0 Å². The van der Waals surface area contributed by atoms with Crippen LogP contribution in [0, 0.1) is 0 Å². The molecule has 1 amide bonds. The van der Waals surface area contributed by atoms with E-state index in [0.717, 1.165) is 0 Å². The highest BCUT2D eigenvalue weighted by Crippen LogP contribution is 2.13. The molecule has 6 nitrogen and oxygen atoms in total. The Kier molecular flexibility index (Phi) is 5.05. The molecule has 0 bridgehead atoms. The highest BCUT2D eigenvalue weighted by molar-refractivity contribution is 7.97. The zero-order chi connectivity index (χ0) is 12.8. The van der Waals surface area contributed by atoms with Gasteiger partial charge < -0.3 is 19.9 Å². The second-order valence-electron chi connectivity index (χ2n) is 3.25. The first-order valence-electron chi connectivity index (χ1n) is 4.80. The lowest BCUT2D eigenvalue weighted by Gasteiger charge is -2.09. The van der Waals surface area contributed by atoms with Gasteiger partial charge in [0.25, 0.3) is 5.91 Å². The summed E-state index contributed by atoms with van der Waals surface area (Å²) in [6, 6.07) is 1.80. The number of furan rings is 1. The van der Waals surface area contributed by atoms with Crippen molar-refractivity contribution in [2.24, 2.45) is 0 Å². The Morgan fingerprint density at radius 2 is 2.24 bits per heavy atom. The molecule has 17 heavy (non-hydrogen) atoms. The van der Waals surface area contributed by atoms with Gasteiger partial charge in [0.1, 0.15) is 5.76 Å². The molecule has 0 saturated carbocycles. The van der Waals surface area contributed by atoms with Gasteiger partial charge in [0.15, 0.2) is 11.8 Å². The van der Waals surface area contributed by atoms with E-state index in [4.69, 9.17) is 14.6 Å². The number of hydrogen-bond donors (Lipinski definition) is 3. The average molecular weight is 259 g/mol. The van der Waals surface area contributed by atoms with Crippen molar-refractivity contribution in [1.29, 1.82) is 0 Å². The summed E-state index contributed by atoms with van der Waals surface area (Å²) in [7, 11) is 0. The number of nitrogens with one attached hydrogen (secondary N) is 1. The Labute approximate surface area is 102 Å². The van der Waals surface area contributed by atoms with Crippen LogP contribution in [0.1, 0.15) is 16.3 Å². The quantitative estimate of drug-likeness (QED) is 0.680. The Bertz CT molecular complexity index is 403. The summed E-state index contributed by atoms with van der Waals surface area (Å²) < 4.78 is 5.20. The zero-order valence-corrected chi connectivity index (χ0v) is 9.99. The maximum Gasteiger partial charge on any atom is 0.328 e. The normalized spacial score (nSPS) is 12.1. The molecule has 1 heterocycles. The van der Waals surface area contributed by atoms with Gasteiger partial charge in [0.2, 0.25) is 0 Å². The molecule has 1 unspecified atom stereocenters. The number of carbonyl (C=O) groups is 2. The van der Waals surface area contributed by atoms with Crippen LogP contribution in [0.25, 0.3) is 0 Å². The monoisotopic (exact) mass is 259 g/mol. The number of thioether (sulfide) groups is 1. The van der Waals surface area contributed by atoms with Crippen LogP contribution in [0.2, 0.25) is 0 Å². The molecule has 0 saturated heterocycles.